The Kier molecular flexibility index (Phi) is 6.45. The minimum absolute atomic E-state index is 0.0468. The lowest BCUT2D eigenvalue weighted by Gasteiger charge is -2.16. The van der Waals surface area contributed by atoms with Gasteiger partial charge in [0.05, 0.1) is 6.10 Å². The molecular weight excluding hydrogens is 416 g/mol. The molecule has 0 radical (unpaired) electrons. The molecule has 0 fully saturated rings. The molecule has 6 heteroatoms. The Hall–Kier alpha value is -4.06. The molecule has 1 heterocycles. The fraction of sp³-hybridized carbons (Fsp3) is 0.185. The molecule has 4 aromatic rings. The number of ether oxygens (including phenoxy) is 2. The van der Waals surface area contributed by atoms with Crippen LogP contribution in [0.4, 0.5) is 5.69 Å². The van der Waals surface area contributed by atoms with Crippen LogP contribution >= 0.6 is 0 Å². The van der Waals surface area contributed by atoms with Crippen molar-refractivity contribution in [3.63, 3.8) is 0 Å². The Labute approximate surface area is 192 Å². The molecule has 0 saturated carbocycles. The standard InChI is InChI=1S/C27H26N2O4/c1-18(2)32-24-13-14-25-20(17-24)15-16-29(27(25)31)19(3)26(30)28-21-9-11-23(12-10-21)33-22-7-5-4-6-8-22/h4-19H,1-3H3,(H,28,30). The van der Waals surface area contributed by atoms with Gasteiger partial charge in [-0.2, -0.15) is 0 Å². The Morgan fingerprint density at radius 2 is 1.52 bits per heavy atom. The Balaban J connectivity index is 1.47. The summed E-state index contributed by atoms with van der Waals surface area (Å²) in [4.78, 5) is 25.8. The summed E-state index contributed by atoms with van der Waals surface area (Å²) in [7, 11) is 0. The maximum absolute atomic E-state index is 13.0. The molecular formula is C27H26N2O4. The van der Waals surface area contributed by atoms with Crippen molar-refractivity contribution in [3.8, 4) is 17.2 Å². The smallest absolute Gasteiger partial charge is 0.259 e. The predicted molar refractivity (Wildman–Crippen MR) is 130 cm³/mol. The highest BCUT2D eigenvalue weighted by Gasteiger charge is 2.17. The van der Waals surface area contributed by atoms with Crippen LogP contribution in [0.25, 0.3) is 10.8 Å². The highest BCUT2D eigenvalue weighted by Crippen LogP contribution is 2.24. The van der Waals surface area contributed by atoms with E-state index in [1.54, 1.807) is 49.5 Å². The lowest BCUT2D eigenvalue weighted by atomic mass is 10.1. The Morgan fingerprint density at radius 3 is 2.21 bits per heavy atom. The number of hydrogen-bond donors (Lipinski definition) is 1. The van der Waals surface area contributed by atoms with Gasteiger partial charge in [0, 0.05) is 17.3 Å². The highest BCUT2D eigenvalue weighted by molar-refractivity contribution is 5.94. The van der Waals surface area contributed by atoms with E-state index in [0.29, 0.717) is 22.6 Å². The van der Waals surface area contributed by atoms with Crippen molar-refractivity contribution in [1.29, 1.82) is 0 Å². The van der Waals surface area contributed by atoms with Gasteiger partial charge in [0.2, 0.25) is 5.91 Å². The van der Waals surface area contributed by atoms with Crippen LogP contribution in [0.2, 0.25) is 0 Å². The second-order valence-corrected chi connectivity index (χ2v) is 8.05. The van der Waals surface area contributed by atoms with E-state index in [4.69, 9.17) is 9.47 Å². The van der Waals surface area contributed by atoms with Gasteiger partial charge in [-0.25, -0.2) is 0 Å². The van der Waals surface area contributed by atoms with E-state index in [-0.39, 0.29) is 17.6 Å². The summed E-state index contributed by atoms with van der Waals surface area (Å²) in [5, 5.41) is 4.17. The summed E-state index contributed by atoms with van der Waals surface area (Å²) < 4.78 is 12.9. The van der Waals surface area contributed by atoms with E-state index in [1.807, 2.05) is 56.3 Å². The molecule has 1 N–H and O–H groups in total. The fourth-order valence-corrected chi connectivity index (χ4v) is 3.50. The summed E-state index contributed by atoms with van der Waals surface area (Å²) in [5.74, 6) is 1.83. The number of rotatable bonds is 7. The number of amides is 1. The molecule has 0 aliphatic heterocycles. The number of anilines is 1. The third-order valence-corrected chi connectivity index (χ3v) is 5.17. The number of nitrogens with one attached hydrogen (secondary N) is 1. The molecule has 1 amide bonds. The lowest BCUT2D eigenvalue weighted by Crippen LogP contribution is -2.31. The summed E-state index contributed by atoms with van der Waals surface area (Å²) in [6.07, 6.45) is 1.69. The van der Waals surface area contributed by atoms with Gasteiger partial charge in [-0.1, -0.05) is 18.2 Å². The summed E-state index contributed by atoms with van der Waals surface area (Å²) in [6, 6.07) is 23.1. The van der Waals surface area contributed by atoms with Crippen molar-refractivity contribution in [2.45, 2.75) is 32.9 Å². The van der Waals surface area contributed by atoms with Crippen molar-refractivity contribution < 1.29 is 14.3 Å². The second kappa shape index (κ2) is 9.61. The zero-order valence-electron chi connectivity index (χ0n) is 18.8. The number of pyridine rings is 1. The first-order valence-corrected chi connectivity index (χ1v) is 10.9. The van der Waals surface area contributed by atoms with E-state index in [1.165, 1.54) is 4.57 Å². The molecule has 33 heavy (non-hydrogen) atoms. The zero-order valence-corrected chi connectivity index (χ0v) is 18.8. The monoisotopic (exact) mass is 442 g/mol. The third-order valence-electron chi connectivity index (χ3n) is 5.17. The van der Waals surface area contributed by atoms with E-state index >= 15 is 0 Å². The zero-order chi connectivity index (χ0) is 23.4. The number of para-hydroxylation sites is 1. The van der Waals surface area contributed by atoms with Crippen molar-refractivity contribution in [2.24, 2.45) is 0 Å². The second-order valence-electron chi connectivity index (χ2n) is 8.05. The largest absolute Gasteiger partial charge is 0.491 e. The molecule has 1 unspecified atom stereocenters. The van der Waals surface area contributed by atoms with Crippen LogP contribution in [-0.4, -0.2) is 16.6 Å². The van der Waals surface area contributed by atoms with E-state index in [2.05, 4.69) is 5.32 Å². The number of fused-ring (bicyclic) bond motifs is 1. The molecule has 4 rings (SSSR count). The van der Waals surface area contributed by atoms with Crippen LogP contribution < -0.4 is 20.3 Å². The summed E-state index contributed by atoms with van der Waals surface area (Å²) >= 11 is 0. The third kappa shape index (κ3) is 5.23. The minimum Gasteiger partial charge on any atom is -0.491 e. The summed E-state index contributed by atoms with van der Waals surface area (Å²) in [5.41, 5.74) is 0.398. The molecule has 6 nitrogen and oxygen atoms in total. The van der Waals surface area contributed by atoms with Crippen LogP contribution in [0.5, 0.6) is 17.2 Å². The van der Waals surface area contributed by atoms with Crippen molar-refractivity contribution in [1.82, 2.24) is 4.57 Å². The SMILES string of the molecule is CC(C)Oc1ccc2c(=O)n(C(C)C(=O)Nc3ccc(Oc4ccccc4)cc3)ccc2c1. The molecule has 168 valence electrons. The first-order chi connectivity index (χ1) is 15.9. The van der Waals surface area contributed by atoms with Crippen LogP contribution in [-0.2, 0) is 4.79 Å². The first kappa shape index (κ1) is 22.1. The Morgan fingerprint density at radius 1 is 0.848 bits per heavy atom. The number of hydrogen-bond acceptors (Lipinski definition) is 4. The maximum atomic E-state index is 13.0. The van der Waals surface area contributed by atoms with Crippen LogP contribution in [0.15, 0.2) is 89.9 Å². The Bertz CT molecular complexity index is 1310. The number of carbonyl (C=O) groups excluding carboxylic acids is 1. The van der Waals surface area contributed by atoms with Crippen molar-refractivity contribution >= 4 is 22.4 Å². The predicted octanol–water partition coefficient (Wildman–Crippen LogP) is 5.78. The first-order valence-electron chi connectivity index (χ1n) is 10.9. The fourth-order valence-electron chi connectivity index (χ4n) is 3.50. The molecule has 0 spiro atoms. The van der Waals surface area contributed by atoms with Gasteiger partial charge < -0.3 is 19.4 Å². The maximum Gasteiger partial charge on any atom is 0.259 e. The summed E-state index contributed by atoms with van der Waals surface area (Å²) in [6.45, 7) is 5.60. The number of benzene rings is 3. The van der Waals surface area contributed by atoms with Crippen molar-refractivity contribution in [2.75, 3.05) is 5.32 Å². The van der Waals surface area contributed by atoms with E-state index in [9.17, 15) is 9.59 Å². The van der Waals surface area contributed by atoms with Crippen LogP contribution in [0.1, 0.15) is 26.8 Å². The number of aromatic nitrogens is 1. The van der Waals surface area contributed by atoms with Gasteiger partial charge >= 0.3 is 0 Å². The molecule has 1 atom stereocenters. The minimum atomic E-state index is -0.686. The molecule has 3 aromatic carbocycles. The highest BCUT2D eigenvalue weighted by atomic mass is 16.5. The molecule has 1 aromatic heterocycles. The molecule has 0 aliphatic carbocycles. The van der Waals surface area contributed by atoms with Gasteiger partial charge in [0.1, 0.15) is 23.3 Å². The number of nitrogens with zero attached hydrogens (tertiary/aromatic N) is 1. The van der Waals surface area contributed by atoms with Gasteiger partial charge in [-0.05, 0) is 86.8 Å². The van der Waals surface area contributed by atoms with Crippen molar-refractivity contribution in [3.05, 3.63) is 95.4 Å². The molecule has 0 saturated heterocycles. The average molecular weight is 443 g/mol. The average Bonchev–Trinajstić information content (AvgIpc) is 2.80. The van der Waals surface area contributed by atoms with Gasteiger partial charge in [-0.15, -0.1) is 0 Å². The van der Waals surface area contributed by atoms with Gasteiger partial charge in [-0.3, -0.25) is 9.59 Å². The van der Waals surface area contributed by atoms with Gasteiger partial charge in [0.15, 0.2) is 0 Å². The van der Waals surface area contributed by atoms with Gasteiger partial charge in [0.25, 0.3) is 5.56 Å². The van der Waals surface area contributed by atoms with Crippen LogP contribution in [0.3, 0.4) is 0 Å². The quantitative estimate of drug-likeness (QED) is 0.394. The lowest BCUT2D eigenvalue weighted by molar-refractivity contribution is -0.118. The van der Waals surface area contributed by atoms with E-state index < -0.39 is 6.04 Å². The normalized spacial score (nSPS) is 11.9. The molecule has 0 bridgehead atoms. The molecule has 0 aliphatic rings. The topological polar surface area (TPSA) is 69.6 Å². The van der Waals surface area contributed by atoms with E-state index in [0.717, 1.165) is 11.1 Å². The number of carbonyl (C=O) groups is 1. The van der Waals surface area contributed by atoms with Crippen LogP contribution in [0, 0.1) is 0 Å².